The number of morpholine rings is 1. The highest BCUT2D eigenvalue weighted by atomic mass is 35.5. The first-order valence-corrected chi connectivity index (χ1v) is 9.18. The van der Waals surface area contributed by atoms with Gasteiger partial charge in [0.1, 0.15) is 0 Å². The second-order valence-corrected chi connectivity index (χ2v) is 7.74. The lowest BCUT2D eigenvalue weighted by atomic mass is 10.1. The zero-order valence-electron chi connectivity index (χ0n) is 15.0. The van der Waals surface area contributed by atoms with Crippen molar-refractivity contribution in [2.75, 3.05) is 36.9 Å². The molecular formula is C17H21ClN6O2S. The van der Waals surface area contributed by atoms with Crippen LogP contribution in [0.5, 0.6) is 0 Å². The van der Waals surface area contributed by atoms with Gasteiger partial charge < -0.3 is 20.5 Å². The highest BCUT2D eigenvalue weighted by Crippen LogP contribution is 2.38. The number of hydrogen-bond donors (Lipinski definition) is 2. The van der Waals surface area contributed by atoms with Crippen LogP contribution in [0.2, 0.25) is 0 Å². The Morgan fingerprint density at radius 3 is 2.48 bits per heavy atom. The van der Waals surface area contributed by atoms with Crippen LogP contribution in [0.25, 0.3) is 21.6 Å². The lowest BCUT2D eigenvalue weighted by Gasteiger charge is -2.28. The molecule has 8 nitrogen and oxygen atoms in total. The minimum absolute atomic E-state index is 0. The summed E-state index contributed by atoms with van der Waals surface area (Å²) in [4.78, 5) is 20.6. The van der Waals surface area contributed by atoms with Crippen molar-refractivity contribution in [1.82, 2.24) is 19.9 Å². The topological polar surface area (TPSA) is 110 Å². The molecule has 0 unspecified atom stereocenters. The van der Waals surface area contributed by atoms with Gasteiger partial charge in [-0.3, -0.25) is 0 Å². The molecule has 1 fully saturated rings. The minimum atomic E-state index is -0.932. The van der Waals surface area contributed by atoms with E-state index in [0.29, 0.717) is 24.6 Å². The summed E-state index contributed by atoms with van der Waals surface area (Å²) in [6.07, 6.45) is 3.24. The van der Waals surface area contributed by atoms with E-state index in [1.807, 2.05) is 6.07 Å². The molecule has 4 heterocycles. The summed E-state index contributed by atoms with van der Waals surface area (Å²) < 4.78 is 6.43. The van der Waals surface area contributed by atoms with Crippen molar-refractivity contribution in [3.05, 3.63) is 23.3 Å². The highest BCUT2D eigenvalue weighted by molar-refractivity contribution is 7.19. The zero-order chi connectivity index (χ0) is 18.3. The van der Waals surface area contributed by atoms with Crippen LogP contribution in [-0.4, -0.2) is 51.3 Å². The first-order chi connectivity index (χ1) is 12.4. The van der Waals surface area contributed by atoms with Crippen LogP contribution in [-0.2, 0) is 10.3 Å². The summed E-state index contributed by atoms with van der Waals surface area (Å²) in [5.74, 6) is 1.60. The van der Waals surface area contributed by atoms with Gasteiger partial charge in [-0.1, -0.05) is 0 Å². The fourth-order valence-corrected chi connectivity index (χ4v) is 3.90. The van der Waals surface area contributed by atoms with E-state index in [4.69, 9.17) is 15.5 Å². The van der Waals surface area contributed by atoms with Crippen molar-refractivity contribution in [2.45, 2.75) is 19.4 Å². The molecule has 1 aliphatic rings. The molecule has 3 N–H and O–H groups in total. The number of anilines is 2. The molecule has 0 atom stereocenters. The van der Waals surface area contributed by atoms with E-state index in [1.165, 1.54) is 11.3 Å². The highest BCUT2D eigenvalue weighted by Gasteiger charge is 2.24. The van der Waals surface area contributed by atoms with Gasteiger partial charge >= 0.3 is 0 Å². The number of hydrogen-bond acceptors (Lipinski definition) is 9. The summed E-state index contributed by atoms with van der Waals surface area (Å²) in [5, 5.41) is 10.4. The average molecular weight is 409 g/mol. The van der Waals surface area contributed by atoms with Gasteiger partial charge in [-0.25, -0.2) is 19.9 Å². The van der Waals surface area contributed by atoms with Crippen molar-refractivity contribution in [3.8, 4) is 11.4 Å². The summed E-state index contributed by atoms with van der Waals surface area (Å²) in [6, 6.07) is 1.92. The van der Waals surface area contributed by atoms with E-state index in [2.05, 4.69) is 19.9 Å². The predicted molar refractivity (Wildman–Crippen MR) is 108 cm³/mol. The first-order valence-electron chi connectivity index (χ1n) is 8.37. The lowest BCUT2D eigenvalue weighted by Crippen LogP contribution is -2.36. The number of ether oxygens (including phenoxy) is 1. The molecule has 10 heteroatoms. The molecule has 3 aromatic heterocycles. The fourth-order valence-electron chi connectivity index (χ4n) is 2.79. The van der Waals surface area contributed by atoms with E-state index in [9.17, 15) is 5.11 Å². The maximum Gasteiger partial charge on any atom is 0.219 e. The normalized spacial score (nSPS) is 15.0. The maximum absolute atomic E-state index is 10.4. The number of rotatable bonds is 3. The predicted octanol–water partition coefficient (Wildman–Crippen LogP) is 2.22. The third kappa shape index (κ3) is 3.96. The monoisotopic (exact) mass is 408 g/mol. The second kappa shape index (κ2) is 7.51. The van der Waals surface area contributed by atoms with Crippen LogP contribution in [0.1, 0.15) is 18.7 Å². The van der Waals surface area contributed by atoms with E-state index >= 15 is 0 Å². The number of thiophene rings is 1. The quantitative estimate of drug-likeness (QED) is 0.678. The van der Waals surface area contributed by atoms with Gasteiger partial charge in [-0.05, 0) is 19.9 Å². The van der Waals surface area contributed by atoms with E-state index in [-0.39, 0.29) is 18.4 Å². The van der Waals surface area contributed by atoms with Crippen molar-refractivity contribution >= 4 is 45.7 Å². The summed E-state index contributed by atoms with van der Waals surface area (Å²) in [7, 11) is 0. The summed E-state index contributed by atoms with van der Waals surface area (Å²) in [6.45, 7) is 6.40. The average Bonchev–Trinajstić information content (AvgIpc) is 3.07. The van der Waals surface area contributed by atoms with Gasteiger partial charge in [0.15, 0.2) is 11.6 Å². The largest absolute Gasteiger partial charge is 0.385 e. The SMILES string of the molecule is CC(C)(O)c1cc2nc(-c3cnc(N)nc3)nc(N3CCOCC3)c2s1.Cl. The molecule has 0 aromatic carbocycles. The zero-order valence-corrected chi connectivity index (χ0v) is 16.7. The molecule has 0 radical (unpaired) electrons. The van der Waals surface area contributed by atoms with Gasteiger partial charge in [0.2, 0.25) is 5.95 Å². The number of fused-ring (bicyclic) bond motifs is 1. The molecule has 0 aliphatic carbocycles. The minimum Gasteiger partial charge on any atom is -0.385 e. The van der Waals surface area contributed by atoms with E-state index in [1.54, 1.807) is 26.2 Å². The lowest BCUT2D eigenvalue weighted by molar-refractivity contribution is 0.0826. The van der Waals surface area contributed by atoms with E-state index < -0.39 is 5.60 Å². The Kier molecular flexibility index (Phi) is 5.48. The Labute approximate surface area is 166 Å². The first kappa shape index (κ1) is 19.7. The molecule has 144 valence electrons. The maximum atomic E-state index is 10.4. The Morgan fingerprint density at radius 2 is 1.85 bits per heavy atom. The van der Waals surface area contributed by atoms with Crippen LogP contribution in [0.3, 0.4) is 0 Å². The molecule has 1 saturated heterocycles. The third-order valence-corrected chi connectivity index (χ3v) is 5.63. The van der Waals surface area contributed by atoms with Gasteiger partial charge in [-0.2, -0.15) is 0 Å². The molecule has 0 spiro atoms. The molecule has 1 aliphatic heterocycles. The molecule has 4 rings (SSSR count). The van der Waals surface area contributed by atoms with Crippen molar-refractivity contribution < 1.29 is 9.84 Å². The Hall–Kier alpha value is -2.07. The van der Waals surface area contributed by atoms with Gasteiger partial charge in [0.25, 0.3) is 0 Å². The van der Waals surface area contributed by atoms with Gasteiger partial charge in [0, 0.05) is 30.4 Å². The van der Waals surface area contributed by atoms with Crippen molar-refractivity contribution in [2.24, 2.45) is 0 Å². The van der Waals surface area contributed by atoms with Crippen molar-refractivity contribution in [3.63, 3.8) is 0 Å². The second-order valence-electron chi connectivity index (χ2n) is 6.68. The Bertz CT molecular complexity index is 935. The number of nitrogens with zero attached hydrogens (tertiary/aromatic N) is 5. The molecular weight excluding hydrogens is 388 g/mol. The molecule has 3 aromatic rings. The number of halogens is 1. The molecule has 0 bridgehead atoms. The van der Waals surface area contributed by atoms with Crippen molar-refractivity contribution in [1.29, 1.82) is 0 Å². The molecule has 0 saturated carbocycles. The number of aromatic nitrogens is 4. The van der Waals surface area contributed by atoms with Crippen LogP contribution < -0.4 is 10.6 Å². The number of aliphatic hydroxyl groups is 1. The van der Waals surface area contributed by atoms with Crippen LogP contribution >= 0.6 is 23.7 Å². The standard InChI is InChI=1S/C17H20N6O2S.ClH/c1-17(2,24)12-7-11-13(26-12)15(23-3-5-25-6-4-23)22-14(21-11)10-8-19-16(18)20-9-10;/h7-9,24H,3-6H2,1-2H3,(H2,18,19,20);1H. The van der Waals surface area contributed by atoms with Gasteiger partial charge in [-0.15, -0.1) is 23.7 Å². The van der Waals surface area contributed by atoms with Crippen LogP contribution in [0.15, 0.2) is 18.5 Å². The molecule has 0 amide bonds. The number of nitrogens with two attached hydrogens (primary N) is 1. The Morgan fingerprint density at radius 1 is 1.19 bits per heavy atom. The smallest absolute Gasteiger partial charge is 0.219 e. The Balaban J connectivity index is 0.00000210. The summed E-state index contributed by atoms with van der Waals surface area (Å²) >= 11 is 1.52. The van der Waals surface area contributed by atoms with E-state index in [0.717, 1.165) is 34.0 Å². The third-order valence-electron chi connectivity index (χ3n) is 4.20. The fraction of sp³-hybridized carbons (Fsp3) is 0.412. The van der Waals surface area contributed by atoms with Crippen LogP contribution in [0.4, 0.5) is 11.8 Å². The molecule has 27 heavy (non-hydrogen) atoms. The van der Waals surface area contributed by atoms with Gasteiger partial charge in [0.05, 0.1) is 34.6 Å². The van der Waals surface area contributed by atoms with Crippen LogP contribution in [0, 0.1) is 0 Å². The summed E-state index contributed by atoms with van der Waals surface area (Å²) in [5.41, 5.74) is 6.15. The number of nitrogen functional groups attached to an aromatic ring is 1.